The van der Waals surface area contributed by atoms with Crippen molar-refractivity contribution in [2.24, 2.45) is 0 Å². The Morgan fingerprint density at radius 3 is 2.38 bits per heavy atom. The van der Waals surface area contributed by atoms with Gasteiger partial charge in [0.15, 0.2) is 0 Å². The van der Waals surface area contributed by atoms with Gasteiger partial charge in [0.25, 0.3) is 5.56 Å². The summed E-state index contributed by atoms with van der Waals surface area (Å²) in [7, 11) is 1.56. The molecule has 0 aliphatic heterocycles. The number of hydrogen-bond donors (Lipinski definition) is 1. The van der Waals surface area contributed by atoms with Crippen molar-refractivity contribution in [3.63, 3.8) is 0 Å². The average molecular weight is 353 g/mol. The van der Waals surface area contributed by atoms with Gasteiger partial charge in [-0.15, -0.1) is 0 Å². The van der Waals surface area contributed by atoms with E-state index in [1.54, 1.807) is 62.6 Å². The number of carbonyl (C=O) groups excluding carboxylic acids is 1. The quantitative estimate of drug-likeness (QED) is 0.759. The fraction of sp³-hybridized carbons (Fsp3) is 0.211. The molecule has 7 heteroatoms. The van der Waals surface area contributed by atoms with E-state index in [9.17, 15) is 14.4 Å². The van der Waals surface area contributed by atoms with E-state index < -0.39 is 5.69 Å². The highest BCUT2D eigenvalue weighted by molar-refractivity contribution is 5.91. The van der Waals surface area contributed by atoms with Gasteiger partial charge in [0.05, 0.1) is 18.0 Å². The third-order valence-electron chi connectivity index (χ3n) is 4.12. The van der Waals surface area contributed by atoms with Gasteiger partial charge < -0.3 is 10.1 Å². The molecule has 0 fully saturated rings. The lowest BCUT2D eigenvalue weighted by atomic mass is 10.2. The van der Waals surface area contributed by atoms with Crippen molar-refractivity contribution in [2.45, 2.75) is 20.0 Å². The molecule has 7 nitrogen and oxygen atoms in total. The maximum absolute atomic E-state index is 12.6. The molecule has 1 N–H and O–H groups in total. The lowest BCUT2D eigenvalue weighted by Crippen LogP contribution is -2.41. The molecule has 3 aromatic rings. The van der Waals surface area contributed by atoms with Crippen LogP contribution in [0.3, 0.4) is 0 Å². The van der Waals surface area contributed by atoms with Gasteiger partial charge in [-0.3, -0.25) is 18.7 Å². The van der Waals surface area contributed by atoms with Gasteiger partial charge in [-0.25, -0.2) is 4.79 Å². The molecule has 26 heavy (non-hydrogen) atoms. The van der Waals surface area contributed by atoms with Crippen molar-refractivity contribution in [3.8, 4) is 5.75 Å². The average Bonchev–Trinajstić information content (AvgIpc) is 2.66. The summed E-state index contributed by atoms with van der Waals surface area (Å²) in [5.41, 5.74) is 0.190. The first kappa shape index (κ1) is 17.5. The first-order valence-electron chi connectivity index (χ1n) is 8.21. The lowest BCUT2D eigenvalue weighted by Gasteiger charge is -2.13. The molecular formula is C19H19N3O4. The summed E-state index contributed by atoms with van der Waals surface area (Å²) in [5.74, 6) is 0.323. The number of ether oxygens (including phenoxy) is 1. The van der Waals surface area contributed by atoms with Crippen molar-refractivity contribution in [1.29, 1.82) is 0 Å². The molecule has 0 spiro atoms. The van der Waals surface area contributed by atoms with Crippen LogP contribution >= 0.6 is 0 Å². The number of aromatic nitrogens is 2. The van der Waals surface area contributed by atoms with Gasteiger partial charge in [0.2, 0.25) is 5.91 Å². The molecule has 1 aromatic heterocycles. The van der Waals surface area contributed by atoms with Crippen LogP contribution in [0, 0.1) is 0 Å². The van der Waals surface area contributed by atoms with E-state index in [4.69, 9.17) is 4.74 Å². The zero-order chi connectivity index (χ0) is 18.7. The van der Waals surface area contributed by atoms with Crippen LogP contribution in [-0.2, 0) is 17.9 Å². The monoisotopic (exact) mass is 353 g/mol. The Morgan fingerprint density at radius 1 is 1.04 bits per heavy atom. The zero-order valence-corrected chi connectivity index (χ0v) is 14.6. The van der Waals surface area contributed by atoms with E-state index in [1.807, 2.05) is 0 Å². The molecule has 0 aliphatic rings. The van der Waals surface area contributed by atoms with Gasteiger partial charge >= 0.3 is 5.69 Å². The van der Waals surface area contributed by atoms with Crippen molar-refractivity contribution in [3.05, 3.63) is 69.4 Å². The second-order valence-corrected chi connectivity index (χ2v) is 5.71. The second kappa shape index (κ2) is 7.26. The summed E-state index contributed by atoms with van der Waals surface area (Å²) >= 11 is 0. The van der Waals surface area contributed by atoms with Gasteiger partial charge in [0.1, 0.15) is 12.3 Å². The van der Waals surface area contributed by atoms with Crippen LogP contribution in [0.5, 0.6) is 5.75 Å². The van der Waals surface area contributed by atoms with Crippen LogP contribution in [0.2, 0.25) is 0 Å². The molecule has 1 amide bonds. The Labute approximate surface area is 149 Å². The van der Waals surface area contributed by atoms with Gasteiger partial charge in [-0.05, 0) is 43.3 Å². The fourth-order valence-corrected chi connectivity index (χ4v) is 2.82. The lowest BCUT2D eigenvalue weighted by molar-refractivity contribution is -0.116. The molecule has 0 saturated heterocycles. The van der Waals surface area contributed by atoms with Crippen molar-refractivity contribution < 1.29 is 9.53 Å². The summed E-state index contributed by atoms with van der Waals surface area (Å²) in [6.07, 6.45) is 0. The largest absolute Gasteiger partial charge is 0.497 e. The number of nitrogens with zero attached hydrogens (tertiary/aromatic N) is 2. The molecular weight excluding hydrogens is 334 g/mol. The zero-order valence-electron chi connectivity index (χ0n) is 14.6. The third-order valence-corrected chi connectivity index (χ3v) is 4.12. The summed E-state index contributed by atoms with van der Waals surface area (Å²) in [4.78, 5) is 37.5. The number of nitrogens with one attached hydrogen (secondary N) is 1. The number of para-hydroxylation sites is 1. The van der Waals surface area contributed by atoms with Crippen molar-refractivity contribution >= 4 is 22.5 Å². The molecule has 3 rings (SSSR count). The molecule has 1 heterocycles. The predicted molar refractivity (Wildman–Crippen MR) is 99.8 cm³/mol. The highest BCUT2D eigenvalue weighted by Crippen LogP contribution is 2.15. The number of hydrogen-bond acceptors (Lipinski definition) is 4. The first-order valence-corrected chi connectivity index (χ1v) is 8.21. The van der Waals surface area contributed by atoms with Gasteiger partial charge in [-0.1, -0.05) is 12.1 Å². The van der Waals surface area contributed by atoms with E-state index >= 15 is 0 Å². The second-order valence-electron chi connectivity index (χ2n) is 5.71. The summed E-state index contributed by atoms with van der Waals surface area (Å²) in [5, 5.41) is 3.15. The smallest absolute Gasteiger partial charge is 0.331 e. The van der Waals surface area contributed by atoms with Crippen LogP contribution in [0.1, 0.15) is 6.92 Å². The third kappa shape index (κ3) is 3.23. The van der Waals surface area contributed by atoms with E-state index in [-0.39, 0.29) is 24.6 Å². The molecule has 0 radical (unpaired) electrons. The number of fused-ring (bicyclic) bond motifs is 1. The van der Waals surface area contributed by atoms with E-state index in [0.29, 0.717) is 22.3 Å². The van der Waals surface area contributed by atoms with E-state index in [1.165, 1.54) is 4.57 Å². The minimum atomic E-state index is -0.499. The molecule has 0 atom stereocenters. The van der Waals surface area contributed by atoms with Crippen molar-refractivity contribution in [2.75, 3.05) is 12.4 Å². The van der Waals surface area contributed by atoms with Gasteiger partial charge in [0, 0.05) is 12.2 Å². The number of benzene rings is 2. The summed E-state index contributed by atoms with van der Waals surface area (Å²) in [6.45, 7) is 1.77. The summed E-state index contributed by atoms with van der Waals surface area (Å²) in [6, 6.07) is 13.7. The maximum Gasteiger partial charge on any atom is 0.331 e. The molecule has 0 unspecified atom stereocenters. The maximum atomic E-state index is 12.6. The van der Waals surface area contributed by atoms with Crippen LogP contribution < -0.4 is 21.3 Å². The van der Waals surface area contributed by atoms with Crippen molar-refractivity contribution in [1.82, 2.24) is 9.13 Å². The molecule has 134 valence electrons. The summed E-state index contributed by atoms with van der Waals surface area (Å²) < 4.78 is 7.53. The topological polar surface area (TPSA) is 82.3 Å². The number of methoxy groups -OCH3 is 1. The van der Waals surface area contributed by atoms with Crippen LogP contribution in [-0.4, -0.2) is 22.2 Å². The number of amides is 1. The minimum Gasteiger partial charge on any atom is -0.497 e. The van der Waals surface area contributed by atoms with Crippen LogP contribution in [0.15, 0.2) is 58.1 Å². The minimum absolute atomic E-state index is 0.189. The standard InChI is InChI=1S/C19H19N3O4/c1-3-21-18(24)15-6-4-5-7-16(15)22(19(21)25)12-17(23)20-13-8-10-14(26-2)11-9-13/h4-11H,3,12H2,1-2H3,(H,20,23). The number of carbonyl (C=O) groups is 1. The molecule has 0 aliphatic carbocycles. The highest BCUT2D eigenvalue weighted by Gasteiger charge is 2.14. The highest BCUT2D eigenvalue weighted by atomic mass is 16.5. The normalized spacial score (nSPS) is 10.7. The fourth-order valence-electron chi connectivity index (χ4n) is 2.82. The number of anilines is 1. The Morgan fingerprint density at radius 2 is 1.73 bits per heavy atom. The number of rotatable bonds is 5. The molecule has 0 bridgehead atoms. The first-order chi connectivity index (χ1) is 12.5. The Bertz CT molecular complexity index is 1060. The SMILES string of the molecule is CCn1c(=O)c2ccccc2n(CC(=O)Nc2ccc(OC)cc2)c1=O. The molecule has 0 saturated carbocycles. The van der Waals surface area contributed by atoms with Gasteiger partial charge in [-0.2, -0.15) is 0 Å². The van der Waals surface area contributed by atoms with E-state index in [0.717, 1.165) is 4.57 Å². The van der Waals surface area contributed by atoms with E-state index in [2.05, 4.69) is 5.32 Å². The Hall–Kier alpha value is -3.35. The van der Waals surface area contributed by atoms with Crippen LogP contribution in [0.25, 0.3) is 10.9 Å². The Kier molecular flexibility index (Phi) is 4.88. The molecule has 2 aromatic carbocycles. The predicted octanol–water partition coefficient (Wildman–Crippen LogP) is 1.83. The Balaban J connectivity index is 1.96. The van der Waals surface area contributed by atoms with Crippen LogP contribution in [0.4, 0.5) is 5.69 Å².